The highest BCUT2D eigenvalue weighted by atomic mass is 16.5. The van der Waals surface area contributed by atoms with E-state index in [1.54, 1.807) is 7.11 Å². The van der Waals surface area contributed by atoms with E-state index in [4.69, 9.17) is 4.74 Å². The number of nitrogens with zero attached hydrogens (tertiary/aromatic N) is 1. The number of likely N-dealkylation sites (tertiary alicyclic amines) is 1. The molecule has 1 aliphatic heterocycles. The normalized spacial score (nSPS) is 16.9. The van der Waals surface area contributed by atoms with E-state index in [1.165, 1.54) is 12.0 Å². The molecule has 0 aliphatic carbocycles. The zero-order valence-electron chi connectivity index (χ0n) is 13.3. The minimum absolute atomic E-state index is 0.0702. The van der Waals surface area contributed by atoms with Crippen LogP contribution in [-0.4, -0.2) is 49.4 Å². The molecule has 21 heavy (non-hydrogen) atoms. The largest absolute Gasteiger partial charge is 0.497 e. The Morgan fingerprint density at radius 2 is 2.00 bits per heavy atom. The van der Waals surface area contributed by atoms with Crippen molar-refractivity contribution >= 4 is 5.69 Å². The minimum Gasteiger partial charge on any atom is -0.497 e. The van der Waals surface area contributed by atoms with Crippen molar-refractivity contribution in [1.29, 1.82) is 0 Å². The topological polar surface area (TPSA) is 44.7 Å². The Morgan fingerprint density at radius 1 is 1.24 bits per heavy atom. The second kappa shape index (κ2) is 8.25. The maximum absolute atomic E-state index is 9.48. The summed E-state index contributed by atoms with van der Waals surface area (Å²) in [6.45, 7) is 6.31. The van der Waals surface area contributed by atoms with Crippen molar-refractivity contribution in [2.45, 2.75) is 38.7 Å². The summed E-state index contributed by atoms with van der Waals surface area (Å²) in [4.78, 5) is 2.46. The van der Waals surface area contributed by atoms with Crippen LogP contribution in [0.3, 0.4) is 0 Å². The Bertz CT molecular complexity index is 429. The van der Waals surface area contributed by atoms with Crippen LogP contribution >= 0.6 is 0 Å². The molecular weight excluding hydrogens is 264 g/mol. The third-order valence-corrected chi connectivity index (χ3v) is 4.07. The van der Waals surface area contributed by atoms with Crippen LogP contribution in [0.2, 0.25) is 0 Å². The van der Waals surface area contributed by atoms with Gasteiger partial charge in [-0.15, -0.1) is 0 Å². The Balaban J connectivity index is 1.62. The summed E-state index contributed by atoms with van der Waals surface area (Å²) >= 11 is 0. The van der Waals surface area contributed by atoms with Gasteiger partial charge in [0.05, 0.1) is 13.2 Å². The first kappa shape index (κ1) is 16.1. The van der Waals surface area contributed by atoms with Crippen molar-refractivity contribution in [3.63, 3.8) is 0 Å². The molecule has 2 N–H and O–H groups in total. The van der Waals surface area contributed by atoms with Gasteiger partial charge >= 0.3 is 0 Å². The minimum atomic E-state index is -0.0702. The van der Waals surface area contributed by atoms with E-state index >= 15 is 0 Å². The van der Waals surface area contributed by atoms with Crippen molar-refractivity contribution in [2.75, 3.05) is 38.6 Å². The van der Waals surface area contributed by atoms with E-state index < -0.39 is 0 Å². The number of aliphatic hydroxyl groups is 1. The predicted molar refractivity (Wildman–Crippen MR) is 87.1 cm³/mol. The second-order valence-corrected chi connectivity index (χ2v) is 5.95. The van der Waals surface area contributed by atoms with Crippen molar-refractivity contribution in [3.05, 3.63) is 23.8 Å². The summed E-state index contributed by atoms with van der Waals surface area (Å²) in [5.41, 5.74) is 2.34. The van der Waals surface area contributed by atoms with Gasteiger partial charge < -0.3 is 20.1 Å². The molecule has 0 spiro atoms. The van der Waals surface area contributed by atoms with Crippen LogP contribution < -0.4 is 10.1 Å². The number of rotatable bonds is 7. The van der Waals surface area contributed by atoms with Gasteiger partial charge in [0.2, 0.25) is 0 Å². The maximum atomic E-state index is 9.48. The van der Waals surface area contributed by atoms with Gasteiger partial charge in [0, 0.05) is 31.4 Å². The molecule has 0 radical (unpaired) electrons. The highest BCUT2D eigenvalue weighted by Gasteiger charge is 2.15. The van der Waals surface area contributed by atoms with Gasteiger partial charge in [0.15, 0.2) is 0 Å². The fraction of sp³-hybridized carbons (Fsp3) is 0.647. The quantitative estimate of drug-likeness (QED) is 0.758. The molecule has 4 nitrogen and oxygen atoms in total. The van der Waals surface area contributed by atoms with Gasteiger partial charge in [-0.25, -0.2) is 0 Å². The van der Waals surface area contributed by atoms with Crippen molar-refractivity contribution < 1.29 is 9.84 Å². The van der Waals surface area contributed by atoms with E-state index in [2.05, 4.69) is 23.2 Å². The molecule has 4 heteroatoms. The Hall–Kier alpha value is -1.26. The highest BCUT2D eigenvalue weighted by molar-refractivity contribution is 5.50. The van der Waals surface area contributed by atoms with Crippen LogP contribution in [-0.2, 0) is 0 Å². The van der Waals surface area contributed by atoms with E-state index in [1.807, 2.05) is 12.1 Å². The number of aliphatic hydroxyl groups excluding tert-OH is 1. The molecular formula is C17H28N2O2. The SMILES string of the molecule is COc1cc(C)cc(NCCCCN2CCC(O)CC2)c1. The molecule has 1 aromatic rings. The third-order valence-electron chi connectivity index (χ3n) is 4.07. The molecule has 0 atom stereocenters. The number of piperidine rings is 1. The Labute approximate surface area is 128 Å². The van der Waals surface area contributed by atoms with Crippen LogP contribution in [0.25, 0.3) is 0 Å². The van der Waals surface area contributed by atoms with E-state index in [0.717, 1.165) is 56.9 Å². The average Bonchev–Trinajstić information content (AvgIpc) is 2.48. The lowest BCUT2D eigenvalue weighted by atomic mass is 10.1. The Morgan fingerprint density at radius 3 is 2.71 bits per heavy atom. The fourth-order valence-corrected chi connectivity index (χ4v) is 2.80. The number of aryl methyl sites for hydroxylation is 1. The number of methoxy groups -OCH3 is 1. The van der Waals surface area contributed by atoms with Crippen LogP contribution in [0, 0.1) is 6.92 Å². The predicted octanol–water partition coefficient (Wildman–Crippen LogP) is 2.65. The summed E-state index contributed by atoms with van der Waals surface area (Å²) in [7, 11) is 1.70. The van der Waals surface area contributed by atoms with Crippen LogP contribution in [0.4, 0.5) is 5.69 Å². The summed E-state index contributed by atoms with van der Waals surface area (Å²) in [6.07, 6.45) is 4.16. The number of anilines is 1. The molecule has 118 valence electrons. The molecule has 0 bridgehead atoms. The van der Waals surface area contributed by atoms with Crippen LogP contribution in [0.15, 0.2) is 18.2 Å². The van der Waals surface area contributed by atoms with E-state index in [0.29, 0.717) is 0 Å². The second-order valence-electron chi connectivity index (χ2n) is 5.95. The van der Waals surface area contributed by atoms with Gasteiger partial charge in [0.25, 0.3) is 0 Å². The summed E-state index contributed by atoms with van der Waals surface area (Å²) in [6, 6.07) is 6.23. The highest BCUT2D eigenvalue weighted by Crippen LogP contribution is 2.20. The van der Waals surface area contributed by atoms with Crippen LogP contribution in [0.5, 0.6) is 5.75 Å². The number of nitrogens with one attached hydrogen (secondary N) is 1. The molecule has 1 saturated heterocycles. The maximum Gasteiger partial charge on any atom is 0.121 e. The molecule has 0 aromatic heterocycles. The molecule has 1 aromatic carbocycles. The number of ether oxygens (including phenoxy) is 1. The molecule has 0 saturated carbocycles. The van der Waals surface area contributed by atoms with Crippen LogP contribution in [0.1, 0.15) is 31.2 Å². The zero-order chi connectivity index (χ0) is 15.1. The molecule has 2 rings (SSSR count). The number of benzene rings is 1. The first-order chi connectivity index (χ1) is 10.2. The zero-order valence-corrected chi connectivity index (χ0v) is 13.3. The molecule has 1 fully saturated rings. The van der Waals surface area contributed by atoms with E-state index in [9.17, 15) is 5.11 Å². The van der Waals surface area contributed by atoms with Crippen molar-refractivity contribution in [2.24, 2.45) is 0 Å². The third kappa shape index (κ3) is 5.56. The lowest BCUT2D eigenvalue weighted by molar-refractivity contribution is 0.0820. The van der Waals surface area contributed by atoms with Gasteiger partial charge in [0.1, 0.15) is 5.75 Å². The fourth-order valence-electron chi connectivity index (χ4n) is 2.80. The van der Waals surface area contributed by atoms with Gasteiger partial charge in [-0.1, -0.05) is 0 Å². The first-order valence-corrected chi connectivity index (χ1v) is 7.97. The smallest absolute Gasteiger partial charge is 0.121 e. The number of hydrogen-bond acceptors (Lipinski definition) is 4. The van der Waals surface area contributed by atoms with E-state index in [-0.39, 0.29) is 6.10 Å². The lowest BCUT2D eigenvalue weighted by Crippen LogP contribution is -2.36. The van der Waals surface area contributed by atoms with Gasteiger partial charge in [-0.05, 0) is 56.8 Å². The average molecular weight is 292 g/mol. The van der Waals surface area contributed by atoms with Gasteiger partial charge in [-0.3, -0.25) is 0 Å². The van der Waals surface area contributed by atoms with Gasteiger partial charge in [-0.2, -0.15) is 0 Å². The molecule has 0 unspecified atom stereocenters. The summed E-state index contributed by atoms with van der Waals surface area (Å²) in [5, 5.41) is 12.9. The monoisotopic (exact) mass is 292 g/mol. The standard InChI is InChI=1S/C17H28N2O2/c1-14-11-15(13-17(12-14)21-2)18-7-3-4-8-19-9-5-16(20)6-10-19/h11-13,16,18,20H,3-10H2,1-2H3. The van der Waals surface area contributed by atoms with Crippen molar-refractivity contribution in [3.8, 4) is 5.75 Å². The molecule has 1 aliphatic rings. The Kier molecular flexibility index (Phi) is 6.33. The number of unbranched alkanes of at least 4 members (excludes halogenated alkanes) is 1. The molecule has 0 amide bonds. The lowest BCUT2D eigenvalue weighted by Gasteiger charge is -2.29. The summed E-state index contributed by atoms with van der Waals surface area (Å²) in [5.74, 6) is 0.907. The number of hydrogen-bond donors (Lipinski definition) is 2. The first-order valence-electron chi connectivity index (χ1n) is 7.97. The molecule has 1 heterocycles. The van der Waals surface area contributed by atoms with Crippen molar-refractivity contribution in [1.82, 2.24) is 4.90 Å². The summed E-state index contributed by atoms with van der Waals surface area (Å²) < 4.78 is 5.28.